The Kier molecular flexibility index (Phi) is 7.17. The molecule has 0 aromatic heterocycles. The molecule has 1 aliphatic carbocycles. The number of hydrogen-bond donors (Lipinski definition) is 2. The number of aryl methyl sites for hydroxylation is 1. The largest absolute Gasteiger partial charge is 0.508 e. The summed E-state index contributed by atoms with van der Waals surface area (Å²) in [6, 6.07) is 14.8. The number of aromatic hydroxyl groups is 1. The fraction of sp³-hybridized carbons (Fsp3) is 0.321. The van der Waals surface area contributed by atoms with E-state index in [0.29, 0.717) is 29.5 Å². The van der Waals surface area contributed by atoms with Crippen LogP contribution in [0.4, 0.5) is 5.69 Å². The molecule has 0 radical (unpaired) electrons. The van der Waals surface area contributed by atoms with Gasteiger partial charge in [0.25, 0.3) is 0 Å². The van der Waals surface area contributed by atoms with E-state index < -0.39 is 0 Å². The zero-order chi connectivity index (χ0) is 25.1. The van der Waals surface area contributed by atoms with E-state index in [1.807, 2.05) is 43.4 Å². The molecule has 0 aliphatic heterocycles. The number of hydrogen-bond acceptors (Lipinski definition) is 7. The quantitative estimate of drug-likeness (QED) is 0.516. The van der Waals surface area contributed by atoms with Gasteiger partial charge in [0.15, 0.2) is 11.5 Å². The Labute approximate surface area is 205 Å². The van der Waals surface area contributed by atoms with E-state index in [2.05, 4.69) is 10.2 Å². The van der Waals surface area contributed by atoms with Crippen LogP contribution in [0.15, 0.2) is 53.3 Å². The predicted molar refractivity (Wildman–Crippen MR) is 138 cm³/mol. The predicted octanol–water partition coefficient (Wildman–Crippen LogP) is 4.61. The third-order valence-electron chi connectivity index (χ3n) is 6.72. The Balaban J connectivity index is 1.96. The molecule has 0 amide bonds. The molecule has 1 aliphatic rings. The third kappa shape index (κ3) is 4.51. The fourth-order valence-corrected chi connectivity index (χ4v) is 4.98. The van der Waals surface area contributed by atoms with Gasteiger partial charge in [0.05, 0.1) is 27.0 Å². The second-order valence-electron chi connectivity index (χ2n) is 8.65. The molecule has 3 aromatic rings. The van der Waals surface area contributed by atoms with Crippen LogP contribution < -0.4 is 25.0 Å². The number of fused-ring (bicyclic) bond motifs is 3. The highest BCUT2D eigenvalue weighted by Crippen LogP contribution is 2.51. The number of nitrogens with one attached hydrogen (secondary N) is 1. The Hall–Kier alpha value is -3.71. The number of ether oxygens (including phenoxy) is 3. The first-order valence-corrected chi connectivity index (χ1v) is 11.6. The molecule has 0 heterocycles. The van der Waals surface area contributed by atoms with E-state index in [4.69, 9.17) is 14.2 Å². The number of para-hydroxylation sites is 1. The van der Waals surface area contributed by atoms with Crippen molar-refractivity contribution in [3.63, 3.8) is 0 Å². The molecule has 0 fully saturated rings. The van der Waals surface area contributed by atoms with E-state index in [1.165, 1.54) is 0 Å². The Morgan fingerprint density at radius 3 is 2.43 bits per heavy atom. The number of methoxy groups -OCH3 is 3. The van der Waals surface area contributed by atoms with Gasteiger partial charge in [-0.2, -0.15) is 0 Å². The molecule has 0 saturated heterocycles. The minimum absolute atomic E-state index is 0.0801. The van der Waals surface area contributed by atoms with Crippen molar-refractivity contribution in [2.45, 2.75) is 25.4 Å². The summed E-state index contributed by atoms with van der Waals surface area (Å²) >= 11 is 0. The summed E-state index contributed by atoms with van der Waals surface area (Å²) in [6.45, 7) is 0.530. The number of benzene rings is 2. The average Bonchev–Trinajstić information content (AvgIpc) is 3.11. The lowest BCUT2D eigenvalue weighted by Crippen LogP contribution is -2.25. The Morgan fingerprint density at radius 2 is 1.77 bits per heavy atom. The van der Waals surface area contributed by atoms with Crippen LogP contribution in [0.3, 0.4) is 0 Å². The zero-order valence-electron chi connectivity index (χ0n) is 20.8. The summed E-state index contributed by atoms with van der Waals surface area (Å²) < 4.78 is 17.2. The molecule has 2 N–H and O–H groups in total. The van der Waals surface area contributed by atoms with Gasteiger partial charge in [0, 0.05) is 30.8 Å². The van der Waals surface area contributed by atoms with Crippen LogP contribution in [-0.2, 0) is 13.0 Å². The summed E-state index contributed by atoms with van der Waals surface area (Å²) in [5, 5.41) is 13.4. The molecule has 0 saturated carbocycles. The molecule has 1 unspecified atom stereocenters. The monoisotopic (exact) mass is 476 g/mol. The number of nitrogens with zero attached hydrogens (tertiary/aromatic N) is 1. The van der Waals surface area contributed by atoms with Crippen LogP contribution in [0.5, 0.6) is 23.0 Å². The molecular weight excluding hydrogens is 444 g/mol. The average molecular weight is 477 g/mol. The highest BCUT2D eigenvalue weighted by Gasteiger charge is 2.30. The lowest BCUT2D eigenvalue weighted by Gasteiger charge is -2.28. The number of rotatable bonds is 7. The standard InChI is InChI=1S/C28H32N2O5/c1-29-21-12-11-19-20(15-24(21)32)22(30(2)16-18-8-6-7-9-23(18)31)13-10-17-14-25(33-3)27(34-4)28(35-5)26(17)19/h6-9,11-12,14-15,22,31H,10,13,16H2,1-5H3,(H,29,32). The maximum Gasteiger partial charge on any atom is 0.203 e. The van der Waals surface area contributed by atoms with Gasteiger partial charge in [0.2, 0.25) is 11.2 Å². The second kappa shape index (κ2) is 10.3. The Morgan fingerprint density at radius 1 is 1.03 bits per heavy atom. The van der Waals surface area contributed by atoms with Crippen molar-refractivity contribution >= 4 is 5.69 Å². The summed E-state index contributed by atoms with van der Waals surface area (Å²) in [6.07, 6.45) is 1.51. The van der Waals surface area contributed by atoms with Gasteiger partial charge < -0.3 is 24.6 Å². The van der Waals surface area contributed by atoms with Gasteiger partial charge in [-0.3, -0.25) is 9.69 Å². The molecule has 35 heavy (non-hydrogen) atoms. The minimum Gasteiger partial charge on any atom is -0.508 e. The van der Waals surface area contributed by atoms with Crippen molar-refractivity contribution in [3.05, 3.63) is 75.4 Å². The van der Waals surface area contributed by atoms with Gasteiger partial charge >= 0.3 is 0 Å². The molecule has 0 spiro atoms. The summed E-state index contributed by atoms with van der Waals surface area (Å²) in [5.41, 5.74) is 5.03. The first-order chi connectivity index (χ1) is 16.9. The maximum atomic E-state index is 13.1. The van der Waals surface area contributed by atoms with Crippen LogP contribution >= 0.6 is 0 Å². The maximum absolute atomic E-state index is 13.1. The van der Waals surface area contributed by atoms with E-state index in [0.717, 1.165) is 40.7 Å². The SMILES string of the molecule is CNc1ccc2c(cc1=O)C(N(C)Cc1ccccc1O)CCc1cc(OC)c(OC)c(OC)c1-2. The second-order valence-corrected chi connectivity index (χ2v) is 8.65. The first-order valence-electron chi connectivity index (χ1n) is 11.6. The molecule has 0 bridgehead atoms. The van der Waals surface area contributed by atoms with E-state index in [9.17, 15) is 9.90 Å². The van der Waals surface area contributed by atoms with Crippen LogP contribution in [-0.4, -0.2) is 45.4 Å². The van der Waals surface area contributed by atoms with Crippen LogP contribution in [0, 0.1) is 0 Å². The lowest BCUT2D eigenvalue weighted by atomic mass is 9.95. The van der Waals surface area contributed by atoms with Gasteiger partial charge in [-0.15, -0.1) is 0 Å². The normalized spacial score (nSPS) is 14.5. The van der Waals surface area contributed by atoms with Crippen molar-refractivity contribution in [1.82, 2.24) is 4.90 Å². The first kappa shape index (κ1) is 24.4. The van der Waals surface area contributed by atoms with E-state index in [1.54, 1.807) is 40.5 Å². The minimum atomic E-state index is -0.0856. The number of phenolic OH excluding ortho intramolecular Hbond substituents is 1. The van der Waals surface area contributed by atoms with Crippen LogP contribution in [0.2, 0.25) is 0 Å². The number of anilines is 1. The summed E-state index contributed by atoms with van der Waals surface area (Å²) in [4.78, 5) is 15.3. The molecule has 4 rings (SSSR count). The topological polar surface area (TPSA) is 80.3 Å². The van der Waals surface area contributed by atoms with Crippen molar-refractivity contribution in [2.24, 2.45) is 0 Å². The summed E-state index contributed by atoms with van der Waals surface area (Å²) in [7, 11) is 8.58. The highest BCUT2D eigenvalue weighted by atomic mass is 16.5. The molecule has 3 aromatic carbocycles. The smallest absolute Gasteiger partial charge is 0.203 e. The lowest BCUT2D eigenvalue weighted by molar-refractivity contribution is 0.223. The van der Waals surface area contributed by atoms with Crippen LogP contribution in [0.1, 0.15) is 29.2 Å². The molecular formula is C28H32N2O5. The van der Waals surface area contributed by atoms with Crippen LogP contribution in [0.25, 0.3) is 11.1 Å². The van der Waals surface area contributed by atoms with Gasteiger partial charge in [-0.25, -0.2) is 0 Å². The zero-order valence-corrected chi connectivity index (χ0v) is 20.8. The van der Waals surface area contributed by atoms with Crippen molar-refractivity contribution in [3.8, 4) is 34.1 Å². The molecule has 1 atom stereocenters. The molecule has 7 heteroatoms. The van der Waals surface area contributed by atoms with Crippen molar-refractivity contribution in [2.75, 3.05) is 40.7 Å². The molecule has 7 nitrogen and oxygen atoms in total. The van der Waals surface area contributed by atoms with Crippen molar-refractivity contribution in [1.29, 1.82) is 0 Å². The highest BCUT2D eigenvalue weighted by molar-refractivity contribution is 5.83. The van der Waals surface area contributed by atoms with Gasteiger partial charge in [-0.1, -0.05) is 24.3 Å². The fourth-order valence-electron chi connectivity index (χ4n) is 4.98. The van der Waals surface area contributed by atoms with Gasteiger partial charge in [-0.05, 0) is 60.8 Å². The van der Waals surface area contributed by atoms with E-state index in [-0.39, 0.29) is 17.2 Å². The Bertz CT molecular complexity index is 1290. The number of phenols is 1. The van der Waals surface area contributed by atoms with E-state index >= 15 is 0 Å². The summed E-state index contributed by atoms with van der Waals surface area (Å²) in [5.74, 6) is 1.96. The van der Waals surface area contributed by atoms with Gasteiger partial charge in [0.1, 0.15) is 5.75 Å². The molecule has 184 valence electrons. The third-order valence-corrected chi connectivity index (χ3v) is 6.72. The van der Waals surface area contributed by atoms with Crippen molar-refractivity contribution < 1.29 is 19.3 Å².